The molecule has 130 valence electrons. The number of alkyl halides is 2. The first kappa shape index (κ1) is 15.7. The first-order valence-electron chi connectivity index (χ1n) is 8.18. The SMILES string of the molecule is O=c1c(Nc2c[nH]c3ccccc23)c(NC2CCCC(F)(F)C2)[n+]1=O. The molecule has 1 fully saturated rings. The van der Waals surface area contributed by atoms with Gasteiger partial charge in [0.2, 0.25) is 5.69 Å². The fourth-order valence-corrected chi connectivity index (χ4v) is 3.39. The van der Waals surface area contributed by atoms with Crippen LogP contribution in [0.2, 0.25) is 0 Å². The summed E-state index contributed by atoms with van der Waals surface area (Å²) in [5.74, 6) is -2.71. The molecule has 1 saturated carbocycles. The summed E-state index contributed by atoms with van der Waals surface area (Å²) in [7, 11) is 0. The lowest BCUT2D eigenvalue weighted by atomic mass is 9.92. The molecule has 1 unspecified atom stereocenters. The molecule has 1 aliphatic carbocycles. The van der Waals surface area contributed by atoms with Crippen molar-refractivity contribution in [3.63, 3.8) is 0 Å². The largest absolute Gasteiger partial charge is 0.410 e. The Morgan fingerprint density at radius 3 is 2.88 bits per heavy atom. The first-order valence-corrected chi connectivity index (χ1v) is 8.18. The predicted octanol–water partition coefficient (Wildman–Crippen LogP) is 3.05. The minimum atomic E-state index is -2.73. The molecule has 0 aliphatic heterocycles. The van der Waals surface area contributed by atoms with Crippen LogP contribution in [-0.4, -0.2) is 16.9 Å². The van der Waals surface area contributed by atoms with Crippen LogP contribution in [0, 0.1) is 4.91 Å². The highest BCUT2D eigenvalue weighted by Crippen LogP contribution is 2.35. The van der Waals surface area contributed by atoms with Crippen molar-refractivity contribution < 1.29 is 13.2 Å². The lowest BCUT2D eigenvalue weighted by Crippen LogP contribution is -2.49. The van der Waals surface area contributed by atoms with E-state index in [4.69, 9.17) is 0 Å². The number of benzene rings is 1. The number of halogens is 2. The molecule has 6 nitrogen and oxygen atoms in total. The summed E-state index contributed by atoms with van der Waals surface area (Å²) >= 11 is 0. The molecule has 0 bridgehead atoms. The number of nitrogens with one attached hydrogen (secondary N) is 3. The highest BCUT2D eigenvalue weighted by molar-refractivity contribution is 5.94. The van der Waals surface area contributed by atoms with Crippen LogP contribution in [0.15, 0.2) is 35.3 Å². The van der Waals surface area contributed by atoms with E-state index in [1.807, 2.05) is 24.3 Å². The number of para-hydroxylation sites is 1. The Bertz CT molecular complexity index is 1000. The second-order valence-corrected chi connectivity index (χ2v) is 6.49. The molecule has 0 amide bonds. The number of aromatic amines is 1. The van der Waals surface area contributed by atoms with Gasteiger partial charge in [0.05, 0.1) is 22.6 Å². The zero-order chi connectivity index (χ0) is 17.6. The minimum absolute atomic E-state index is 0.0259. The normalized spacial score (nSPS) is 20.0. The molecule has 3 aromatic rings. The summed E-state index contributed by atoms with van der Waals surface area (Å²) in [6.07, 6.45) is 2.16. The Kier molecular flexibility index (Phi) is 3.55. The number of hydrogen-bond acceptors (Lipinski definition) is 4. The summed E-state index contributed by atoms with van der Waals surface area (Å²) in [6.45, 7) is 0. The van der Waals surface area contributed by atoms with Gasteiger partial charge in [0.1, 0.15) is 0 Å². The van der Waals surface area contributed by atoms with Gasteiger partial charge >= 0.3 is 11.4 Å². The van der Waals surface area contributed by atoms with E-state index < -0.39 is 17.5 Å². The van der Waals surface area contributed by atoms with Gasteiger partial charge in [0.15, 0.2) is 0 Å². The average Bonchev–Trinajstić information content (AvgIpc) is 3.00. The summed E-state index contributed by atoms with van der Waals surface area (Å²) in [5, 5.41) is 6.64. The molecule has 0 spiro atoms. The van der Waals surface area contributed by atoms with Crippen LogP contribution < -0.4 is 20.6 Å². The molecule has 8 heteroatoms. The van der Waals surface area contributed by atoms with Crippen LogP contribution in [0.25, 0.3) is 10.9 Å². The summed E-state index contributed by atoms with van der Waals surface area (Å²) < 4.78 is 27.3. The van der Waals surface area contributed by atoms with Crippen LogP contribution in [0.3, 0.4) is 0 Å². The summed E-state index contributed by atoms with van der Waals surface area (Å²) in [6, 6.07) is 6.98. The smallest absolute Gasteiger partial charge is 0.359 e. The van der Waals surface area contributed by atoms with E-state index in [2.05, 4.69) is 15.6 Å². The standard InChI is InChI=1S/C17H16F2N4O2/c18-17(19)7-3-4-10(8-17)21-15-14(16(24)23(15)25)22-13-9-20-12-6-2-1-5-11(12)13/h1-2,5-6,9-10H,3-4,7-8H2,(H2-,20,21,22,24,25)/p+1. The fourth-order valence-electron chi connectivity index (χ4n) is 3.39. The second-order valence-electron chi connectivity index (χ2n) is 6.49. The van der Waals surface area contributed by atoms with Gasteiger partial charge in [0, 0.05) is 23.5 Å². The third-order valence-corrected chi connectivity index (χ3v) is 4.67. The maximum absolute atomic E-state index is 13.5. The van der Waals surface area contributed by atoms with Crippen LogP contribution in [-0.2, 0) is 0 Å². The molecule has 25 heavy (non-hydrogen) atoms. The quantitative estimate of drug-likeness (QED) is 0.634. The Hall–Kier alpha value is -2.77. The number of aromatic nitrogens is 2. The zero-order valence-electron chi connectivity index (χ0n) is 13.3. The van der Waals surface area contributed by atoms with Crippen molar-refractivity contribution >= 4 is 28.1 Å². The predicted molar refractivity (Wildman–Crippen MR) is 90.9 cm³/mol. The van der Waals surface area contributed by atoms with Crippen molar-refractivity contribution in [3.05, 3.63) is 45.7 Å². The number of anilines is 3. The zero-order valence-corrected chi connectivity index (χ0v) is 13.3. The first-order chi connectivity index (χ1) is 11.9. The Morgan fingerprint density at radius 2 is 2.08 bits per heavy atom. The molecule has 2 heterocycles. The average molecular weight is 347 g/mol. The summed E-state index contributed by atoms with van der Waals surface area (Å²) in [4.78, 5) is 26.8. The number of fused-ring (bicyclic) bond motifs is 1. The molecular weight excluding hydrogens is 330 g/mol. The van der Waals surface area contributed by atoms with E-state index in [1.165, 1.54) is 0 Å². The van der Waals surface area contributed by atoms with Crippen LogP contribution >= 0.6 is 0 Å². The third-order valence-electron chi connectivity index (χ3n) is 4.67. The van der Waals surface area contributed by atoms with Crippen LogP contribution in [0.5, 0.6) is 0 Å². The number of nitrogens with zero attached hydrogens (tertiary/aromatic N) is 1. The van der Waals surface area contributed by atoms with Gasteiger partial charge in [-0.15, -0.1) is 0 Å². The van der Waals surface area contributed by atoms with Crippen molar-refractivity contribution in [2.24, 2.45) is 0 Å². The van der Waals surface area contributed by atoms with E-state index in [-0.39, 0.29) is 28.8 Å². The van der Waals surface area contributed by atoms with Gasteiger partial charge in [-0.2, -0.15) is 0 Å². The third kappa shape index (κ3) is 2.77. The van der Waals surface area contributed by atoms with Gasteiger partial charge in [-0.05, 0) is 18.9 Å². The van der Waals surface area contributed by atoms with E-state index in [0.29, 0.717) is 18.5 Å². The Balaban J connectivity index is 1.59. The minimum Gasteiger partial charge on any atom is -0.359 e. The van der Waals surface area contributed by atoms with Gasteiger partial charge in [-0.3, -0.25) is 5.32 Å². The lowest BCUT2D eigenvalue weighted by Gasteiger charge is -2.27. The van der Waals surface area contributed by atoms with Crippen molar-refractivity contribution in [3.8, 4) is 0 Å². The lowest BCUT2D eigenvalue weighted by molar-refractivity contribution is -0.506. The fraction of sp³-hybridized carbons (Fsp3) is 0.353. The van der Waals surface area contributed by atoms with Crippen LogP contribution in [0.1, 0.15) is 25.7 Å². The van der Waals surface area contributed by atoms with Gasteiger partial charge in [0.25, 0.3) is 5.92 Å². The van der Waals surface area contributed by atoms with Crippen molar-refractivity contribution in [2.75, 3.05) is 10.6 Å². The van der Waals surface area contributed by atoms with E-state index in [0.717, 1.165) is 10.9 Å². The Labute approximate surface area is 141 Å². The topological polar surface area (TPSA) is 79.9 Å². The maximum Gasteiger partial charge on any atom is 0.410 e. The number of rotatable bonds is 4. The van der Waals surface area contributed by atoms with Crippen molar-refractivity contribution in [1.29, 1.82) is 0 Å². The second kappa shape index (κ2) is 5.65. The van der Waals surface area contributed by atoms with Gasteiger partial charge in [-0.1, -0.05) is 23.1 Å². The molecule has 1 aromatic carbocycles. The molecule has 3 N–H and O–H groups in total. The van der Waals surface area contributed by atoms with Gasteiger partial charge in [-0.25, -0.2) is 13.6 Å². The Morgan fingerprint density at radius 1 is 1.28 bits per heavy atom. The van der Waals surface area contributed by atoms with Gasteiger partial charge < -0.3 is 10.3 Å². The maximum atomic E-state index is 13.5. The highest BCUT2D eigenvalue weighted by Gasteiger charge is 2.41. The molecule has 0 saturated heterocycles. The van der Waals surface area contributed by atoms with Crippen molar-refractivity contribution in [2.45, 2.75) is 37.6 Å². The van der Waals surface area contributed by atoms with E-state index in [9.17, 15) is 18.5 Å². The van der Waals surface area contributed by atoms with Crippen LogP contribution in [0.4, 0.5) is 26.0 Å². The summed E-state index contributed by atoms with van der Waals surface area (Å²) in [5.41, 5.74) is 0.933. The number of hydrogen-bond donors (Lipinski definition) is 3. The molecule has 1 atom stereocenters. The molecule has 0 radical (unpaired) electrons. The van der Waals surface area contributed by atoms with E-state index in [1.54, 1.807) is 6.20 Å². The molecule has 4 rings (SSSR count). The highest BCUT2D eigenvalue weighted by atomic mass is 19.3. The monoisotopic (exact) mass is 347 g/mol. The van der Waals surface area contributed by atoms with E-state index >= 15 is 0 Å². The number of H-pyrrole nitrogens is 1. The molecule has 2 aromatic heterocycles. The molecular formula is C17H17F2N4O2+. The molecule has 1 aliphatic rings. The van der Waals surface area contributed by atoms with Crippen molar-refractivity contribution in [1.82, 2.24) is 4.98 Å².